The molecule has 2 aromatic carbocycles. The standard InChI is InChI=1S/C23H23N3O3S2/c27-23(16-2-1-3-21(14-16)31(28,29)25-19-4-5-19)24-18-6-8-20(9-7-18)26-12-10-22-17(15-26)11-13-30-22/h1-3,6-9,11,13-14,19,25H,4-5,10,12,15H2,(H,24,27). The van der Waals surface area contributed by atoms with Gasteiger partial charge in [-0.1, -0.05) is 6.07 Å². The fourth-order valence-electron chi connectivity index (χ4n) is 3.72. The Balaban J connectivity index is 1.26. The van der Waals surface area contributed by atoms with E-state index in [9.17, 15) is 13.2 Å². The number of hydrogen-bond acceptors (Lipinski definition) is 5. The SMILES string of the molecule is O=C(Nc1ccc(N2CCc3sccc3C2)cc1)c1cccc(S(=O)(=O)NC2CC2)c1. The molecule has 5 rings (SSSR count). The van der Waals surface area contributed by atoms with Crippen molar-refractivity contribution in [2.24, 2.45) is 0 Å². The first-order chi connectivity index (χ1) is 15.0. The minimum atomic E-state index is -3.60. The van der Waals surface area contributed by atoms with E-state index in [-0.39, 0.29) is 16.8 Å². The van der Waals surface area contributed by atoms with E-state index in [1.807, 2.05) is 35.6 Å². The van der Waals surface area contributed by atoms with E-state index in [4.69, 9.17) is 0 Å². The predicted octanol–water partition coefficient (Wildman–Crippen LogP) is 4.00. The van der Waals surface area contributed by atoms with Crippen LogP contribution in [0.25, 0.3) is 0 Å². The third kappa shape index (κ3) is 4.51. The lowest BCUT2D eigenvalue weighted by Gasteiger charge is -2.29. The summed E-state index contributed by atoms with van der Waals surface area (Å²) in [7, 11) is -3.60. The van der Waals surface area contributed by atoms with Gasteiger partial charge < -0.3 is 10.2 Å². The van der Waals surface area contributed by atoms with Crippen molar-refractivity contribution >= 4 is 38.6 Å². The summed E-state index contributed by atoms with van der Waals surface area (Å²) in [6.45, 7) is 1.88. The highest BCUT2D eigenvalue weighted by Crippen LogP contribution is 2.28. The molecule has 0 radical (unpaired) electrons. The maximum Gasteiger partial charge on any atom is 0.255 e. The van der Waals surface area contributed by atoms with Gasteiger partial charge in [0.15, 0.2) is 0 Å². The summed E-state index contributed by atoms with van der Waals surface area (Å²) in [6, 6.07) is 16.1. The Hall–Kier alpha value is -2.68. The zero-order valence-corrected chi connectivity index (χ0v) is 18.5. The molecule has 1 amide bonds. The number of nitrogens with one attached hydrogen (secondary N) is 2. The smallest absolute Gasteiger partial charge is 0.255 e. The Kier molecular flexibility index (Phi) is 5.29. The number of rotatable bonds is 6. The summed E-state index contributed by atoms with van der Waals surface area (Å²) in [4.78, 5) is 16.6. The van der Waals surface area contributed by atoms with Crippen LogP contribution in [0.1, 0.15) is 33.6 Å². The molecule has 6 nitrogen and oxygen atoms in total. The van der Waals surface area contributed by atoms with Gasteiger partial charge in [0.2, 0.25) is 10.0 Å². The summed E-state index contributed by atoms with van der Waals surface area (Å²) < 4.78 is 27.5. The number of fused-ring (bicyclic) bond motifs is 1. The highest BCUT2D eigenvalue weighted by Gasteiger charge is 2.28. The maximum absolute atomic E-state index is 12.7. The lowest BCUT2D eigenvalue weighted by molar-refractivity contribution is 0.102. The van der Waals surface area contributed by atoms with E-state index in [1.165, 1.54) is 22.6 Å². The van der Waals surface area contributed by atoms with Gasteiger partial charge in [-0.15, -0.1) is 11.3 Å². The van der Waals surface area contributed by atoms with Gasteiger partial charge in [-0.2, -0.15) is 0 Å². The zero-order valence-electron chi connectivity index (χ0n) is 16.9. The third-order valence-corrected chi connectivity index (χ3v) is 8.14. The van der Waals surface area contributed by atoms with Gasteiger partial charge in [-0.3, -0.25) is 4.79 Å². The lowest BCUT2D eigenvalue weighted by atomic mass is 10.1. The lowest BCUT2D eigenvalue weighted by Crippen LogP contribution is -2.29. The van der Waals surface area contributed by atoms with Crippen molar-refractivity contribution in [3.05, 3.63) is 76.0 Å². The van der Waals surface area contributed by atoms with Crippen LogP contribution in [0.3, 0.4) is 0 Å². The maximum atomic E-state index is 12.7. The van der Waals surface area contributed by atoms with Crippen LogP contribution < -0.4 is 14.9 Å². The molecule has 1 saturated carbocycles. The first-order valence-corrected chi connectivity index (χ1v) is 12.7. The number of hydrogen-bond donors (Lipinski definition) is 2. The van der Waals surface area contributed by atoms with E-state index in [2.05, 4.69) is 26.4 Å². The van der Waals surface area contributed by atoms with Crippen molar-refractivity contribution in [3.8, 4) is 0 Å². The second kappa shape index (κ2) is 8.11. The van der Waals surface area contributed by atoms with Crippen molar-refractivity contribution in [1.82, 2.24) is 4.72 Å². The third-order valence-electron chi connectivity index (χ3n) is 5.60. The van der Waals surface area contributed by atoms with E-state index in [0.717, 1.165) is 38.0 Å². The number of carbonyl (C=O) groups is 1. The molecular formula is C23H23N3O3S2. The summed E-state index contributed by atoms with van der Waals surface area (Å²) >= 11 is 1.82. The van der Waals surface area contributed by atoms with Gasteiger partial charge in [0.25, 0.3) is 5.91 Å². The van der Waals surface area contributed by atoms with E-state index >= 15 is 0 Å². The topological polar surface area (TPSA) is 78.5 Å². The number of thiophene rings is 1. The van der Waals surface area contributed by atoms with Gasteiger partial charge in [-0.05, 0) is 78.7 Å². The molecule has 0 bridgehead atoms. The monoisotopic (exact) mass is 453 g/mol. The molecule has 0 spiro atoms. The zero-order chi connectivity index (χ0) is 21.4. The molecule has 1 aromatic heterocycles. The van der Waals surface area contributed by atoms with Crippen molar-refractivity contribution in [3.63, 3.8) is 0 Å². The van der Waals surface area contributed by atoms with E-state index in [1.54, 1.807) is 12.1 Å². The molecule has 2 N–H and O–H groups in total. The van der Waals surface area contributed by atoms with Gasteiger partial charge in [0.05, 0.1) is 4.90 Å². The van der Waals surface area contributed by atoms with Crippen molar-refractivity contribution in [2.45, 2.75) is 36.7 Å². The average molecular weight is 454 g/mol. The Labute approximate surface area is 186 Å². The fraction of sp³-hybridized carbons (Fsp3) is 0.261. The highest BCUT2D eigenvalue weighted by atomic mass is 32.2. The normalized spacial score (nSPS) is 16.1. The molecule has 0 unspecified atom stereocenters. The average Bonchev–Trinajstić information content (AvgIpc) is 3.45. The quantitative estimate of drug-likeness (QED) is 0.591. The van der Waals surface area contributed by atoms with E-state index in [0.29, 0.717) is 11.3 Å². The van der Waals surface area contributed by atoms with Crippen LogP contribution >= 0.6 is 11.3 Å². The molecule has 1 aliphatic heterocycles. The van der Waals surface area contributed by atoms with Crippen LogP contribution in [0, 0.1) is 0 Å². The highest BCUT2D eigenvalue weighted by molar-refractivity contribution is 7.89. The number of nitrogens with zero attached hydrogens (tertiary/aromatic N) is 1. The number of amides is 1. The molecule has 160 valence electrons. The summed E-state index contributed by atoms with van der Waals surface area (Å²) in [5, 5.41) is 5.01. The van der Waals surface area contributed by atoms with Crippen molar-refractivity contribution in [2.75, 3.05) is 16.8 Å². The summed E-state index contributed by atoms with van der Waals surface area (Å²) in [6.07, 6.45) is 2.78. The molecular weight excluding hydrogens is 430 g/mol. The second-order valence-electron chi connectivity index (χ2n) is 7.96. The Bertz CT molecular complexity index is 1210. The van der Waals surface area contributed by atoms with Crippen LogP contribution in [0.2, 0.25) is 0 Å². The molecule has 8 heteroatoms. The van der Waals surface area contributed by atoms with Crippen LogP contribution in [-0.2, 0) is 23.0 Å². The fourth-order valence-corrected chi connectivity index (χ4v) is 5.96. The van der Waals surface area contributed by atoms with E-state index < -0.39 is 10.0 Å². The first-order valence-electron chi connectivity index (χ1n) is 10.3. The van der Waals surface area contributed by atoms with Crippen LogP contribution in [0.5, 0.6) is 0 Å². The van der Waals surface area contributed by atoms with Crippen molar-refractivity contribution in [1.29, 1.82) is 0 Å². The molecule has 0 saturated heterocycles. The Morgan fingerprint density at radius 2 is 1.87 bits per heavy atom. The molecule has 31 heavy (non-hydrogen) atoms. The summed E-state index contributed by atoms with van der Waals surface area (Å²) in [5.41, 5.74) is 3.49. The molecule has 0 atom stereocenters. The van der Waals surface area contributed by atoms with Crippen LogP contribution in [0.4, 0.5) is 11.4 Å². The second-order valence-corrected chi connectivity index (χ2v) is 10.7. The Morgan fingerprint density at radius 3 is 2.65 bits per heavy atom. The largest absolute Gasteiger partial charge is 0.367 e. The molecule has 2 heterocycles. The summed E-state index contributed by atoms with van der Waals surface area (Å²) in [5.74, 6) is -0.336. The Morgan fingerprint density at radius 1 is 1.06 bits per heavy atom. The minimum Gasteiger partial charge on any atom is -0.367 e. The van der Waals surface area contributed by atoms with Gasteiger partial charge >= 0.3 is 0 Å². The number of anilines is 2. The molecule has 3 aromatic rings. The minimum absolute atomic E-state index is 0.0206. The van der Waals surface area contributed by atoms with Gasteiger partial charge in [-0.25, -0.2) is 13.1 Å². The molecule has 1 fully saturated rings. The number of carbonyl (C=O) groups excluding carboxylic acids is 1. The number of sulfonamides is 1. The van der Waals surface area contributed by atoms with Crippen molar-refractivity contribution < 1.29 is 13.2 Å². The molecule has 2 aliphatic rings. The number of benzene rings is 2. The van der Waals surface area contributed by atoms with Gasteiger partial charge in [0, 0.05) is 40.9 Å². The van der Waals surface area contributed by atoms with Crippen LogP contribution in [0.15, 0.2) is 64.9 Å². The predicted molar refractivity (Wildman–Crippen MR) is 123 cm³/mol. The van der Waals surface area contributed by atoms with Gasteiger partial charge in [0.1, 0.15) is 0 Å². The molecule has 1 aliphatic carbocycles. The van der Waals surface area contributed by atoms with Crippen LogP contribution in [-0.4, -0.2) is 26.9 Å². The first kappa shape index (κ1) is 20.2.